The normalized spacial score (nSPS) is 10.7. The highest BCUT2D eigenvalue weighted by molar-refractivity contribution is 5.95. The molecule has 2 N–H and O–H groups in total. The number of nitrogen functional groups attached to an aromatic ring is 1. The zero-order valence-corrected chi connectivity index (χ0v) is 9.60. The molecule has 0 fully saturated rings. The van der Waals surface area contributed by atoms with Crippen LogP contribution in [0.2, 0.25) is 0 Å². The highest BCUT2D eigenvalue weighted by Gasteiger charge is 2.05. The Morgan fingerprint density at radius 3 is 2.72 bits per heavy atom. The minimum Gasteiger partial charge on any atom is -0.399 e. The fourth-order valence-electron chi connectivity index (χ4n) is 2.07. The van der Waals surface area contributed by atoms with E-state index in [1.165, 1.54) is 12.1 Å². The first kappa shape index (κ1) is 10.7. The second kappa shape index (κ2) is 4.11. The van der Waals surface area contributed by atoms with Crippen molar-refractivity contribution in [1.29, 1.82) is 0 Å². The minimum atomic E-state index is -0.249. The first-order chi connectivity index (χ1) is 8.74. The number of halogens is 1. The number of pyridine rings is 1. The van der Waals surface area contributed by atoms with Crippen molar-refractivity contribution in [3.63, 3.8) is 0 Å². The van der Waals surface area contributed by atoms with Gasteiger partial charge in [-0.15, -0.1) is 0 Å². The summed E-state index contributed by atoms with van der Waals surface area (Å²) in [6, 6.07) is 13.9. The maximum atomic E-state index is 13.3. The predicted molar refractivity (Wildman–Crippen MR) is 71.5 cm³/mol. The molecule has 88 valence electrons. The van der Waals surface area contributed by atoms with Gasteiger partial charge in [-0.25, -0.2) is 4.39 Å². The molecule has 3 heteroatoms. The van der Waals surface area contributed by atoms with Crippen molar-refractivity contribution in [3.8, 4) is 11.1 Å². The van der Waals surface area contributed by atoms with Crippen LogP contribution in [0.5, 0.6) is 0 Å². The lowest BCUT2D eigenvalue weighted by Crippen LogP contribution is -1.88. The van der Waals surface area contributed by atoms with Gasteiger partial charge in [0.05, 0.1) is 5.52 Å². The number of fused-ring (bicyclic) bond motifs is 1. The summed E-state index contributed by atoms with van der Waals surface area (Å²) in [6.45, 7) is 0. The van der Waals surface area contributed by atoms with Crippen LogP contribution in [0.3, 0.4) is 0 Å². The van der Waals surface area contributed by atoms with Crippen LogP contribution in [-0.4, -0.2) is 4.98 Å². The maximum absolute atomic E-state index is 13.3. The van der Waals surface area contributed by atoms with Gasteiger partial charge >= 0.3 is 0 Å². The van der Waals surface area contributed by atoms with Crippen molar-refractivity contribution in [2.24, 2.45) is 0 Å². The Bertz CT molecular complexity index is 723. The second-order valence-corrected chi connectivity index (χ2v) is 4.15. The van der Waals surface area contributed by atoms with E-state index < -0.39 is 0 Å². The first-order valence-corrected chi connectivity index (χ1v) is 5.64. The van der Waals surface area contributed by atoms with E-state index in [2.05, 4.69) is 4.98 Å². The van der Waals surface area contributed by atoms with Crippen molar-refractivity contribution >= 4 is 16.6 Å². The molecule has 0 unspecified atom stereocenters. The first-order valence-electron chi connectivity index (χ1n) is 5.64. The third kappa shape index (κ3) is 1.80. The van der Waals surface area contributed by atoms with Crippen molar-refractivity contribution in [3.05, 3.63) is 60.5 Å². The van der Waals surface area contributed by atoms with E-state index in [0.717, 1.165) is 22.0 Å². The van der Waals surface area contributed by atoms with E-state index in [0.29, 0.717) is 5.69 Å². The molecule has 3 aromatic rings. The Morgan fingerprint density at radius 1 is 1.00 bits per heavy atom. The van der Waals surface area contributed by atoms with Gasteiger partial charge in [-0.3, -0.25) is 4.98 Å². The number of nitrogens with zero attached hydrogens (tertiary/aromatic N) is 1. The summed E-state index contributed by atoms with van der Waals surface area (Å²) in [4.78, 5) is 4.28. The summed E-state index contributed by atoms with van der Waals surface area (Å²) < 4.78 is 13.3. The second-order valence-electron chi connectivity index (χ2n) is 4.15. The Kier molecular flexibility index (Phi) is 2.45. The summed E-state index contributed by atoms with van der Waals surface area (Å²) in [5.74, 6) is -0.249. The predicted octanol–water partition coefficient (Wildman–Crippen LogP) is 3.62. The smallest absolute Gasteiger partial charge is 0.123 e. The highest BCUT2D eigenvalue weighted by atomic mass is 19.1. The average Bonchev–Trinajstić information content (AvgIpc) is 2.38. The Labute approximate surface area is 104 Å². The molecule has 3 rings (SSSR count). The van der Waals surface area contributed by atoms with Crippen LogP contribution in [0.25, 0.3) is 22.0 Å². The molecular weight excluding hydrogens is 227 g/mol. The van der Waals surface area contributed by atoms with E-state index in [4.69, 9.17) is 5.73 Å². The third-order valence-electron chi connectivity index (χ3n) is 2.90. The molecule has 2 aromatic carbocycles. The minimum absolute atomic E-state index is 0.249. The van der Waals surface area contributed by atoms with Crippen LogP contribution in [0, 0.1) is 5.82 Å². The van der Waals surface area contributed by atoms with Gasteiger partial charge in [-0.1, -0.05) is 12.1 Å². The Balaban J connectivity index is 2.32. The van der Waals surface area contributed by atoms with E-state index >= 15 is 0 Å². The number of hydrogen-bond donors (Lipinski definition) is 1. The topological polar surface area (TPSA) is 38.9 Å². The van der Waals surface area contributed by atoms with E-state index in [1.807, 2.05) is 30.3 Å². The van der Waals surface area contributed by atoms with Gasteiger partial charge in [0.2, 0.25) is 0 Å². The molecule has 18 heavy (non-hydrogen) atoms. The summed E-state index contributed by atoms with van der Waals surface area (Å²) in [5.41, 5.74) is 9.09. The Morgan fingerprint density at radius 2 is 1.89 bits per heavy atom. The number of anilines is 1. The van der Waals surface area contributed by atoms with Crippen LogP contribution in [-0.2, 0) is 0 Å². The van der Waals surface area contributed by atoms with Crippen molar-refractivity contribution in [2.75, 3.05) is 5.73 Å². The molecule has 0 saturated heterocycles. The van der Waals surface area contributed by atoms with Crippen LogP contribution in [0.1, 0.15) is 0 Å². The standard InChI is InChI=1S/C15H11FN2/c16-11-3-1-2-10(8-11)13-6-7-18-15-5-4-12(17)9-14(13)15/h1-9H,17H2. The van der Waals surface area contributed by atoms with Gasteiger partial charge < -0.3 is 5.73 Å². The summed E-state index contributed by atoms with van der Waals surface area (Å²) in [7, 11) is 0. The van der Waals surface area contributed by atoms with Crippen LogP contribution < -0.4 is 5.73 Å². The van der Waals surface area contributed by atoms with Gasteiger partial charge in [0, 0.05) is 17.3 Å². The molecule has 2 nitrogen and oxygen atoms in total. The van der Waals surface area contributed by atoms with Crippen LogP contribution >= 0.6 is 0 Å². The molecule has 0 bridgehead atoms. The molecule has 0 aliphatic rings. The molecule has 0 spiro atoms. The molecule has 1 aromatic heterocycles. The fourth-order valence-corrected chi connectivity index (χ4v) is 2.07. The van der Waals surface area contributed by atoms with Gasteiger partial charge in [0.1, 0.15) is 5.82 Å². The number of benzene rings is 2. The van der Waals surface area contributed by atoms with Gasteiger partial charge in [0.25, 0.3) is 0 Å². The molecule has 0 radical (unpaired) electrons. The zero-order valence-electron chi connectivity index (χ0n) is 9.60. The average molecular weight is 238 g/mol. The number of hydrogen-bond acceptors (Lipinski definition) is 2. The number of aromatic nitrogens is 1. The molecule has 0 atom stereocenters. The largest absolute Gasteiger partial charge is 0.399 e. The van der Waals surface area contributed by atoms with E-state index in [-0.39, 0.29) is 5.82 Å². The monoisotopic (exact) mass is 238 g/mol. The van der Waals surface area contributed by atoms with E-state index in [1.54, 1.807) is 12.3 Å². The lowest BCUT2D eigenvalue weighted by molar-refractivity contribution is 0.628. The SMILES string of the molecule is Nc1ccc2nccc(-c3cccc(F)c3)c2c1. The molecule has 0 saturated carbocycles. The third-order valence-corrected chi connectivity index (χ3v) is 2.90. The van der Waals surface area contributed by atoms with Crippen molar-refractivity contribution in [1.82, 2.24) is 4.98 Å². The Hall–Kier alpha value is -2.42. The van der Waals surface area contributed by atoms with Gasteiger partial charge in [-0.05, 0) is 47.5 Å². The molecule has 0 aliphatic carbocycles. The maximum Gasteiger partial charge on any atom is 0.123 e. The fraction of sp³-hybridized carbons (Fsp3) is 0. The lowest BCUT2D eigenvalue weighted by Gasteiger charge is -2.07. The summed E-state index contributed by atoms with van der Waals surface area (Å²) in [5, 5.41) is 0.933. The molecule has 0 amide bonds. The molecule has 0 aliphatic heterocycles. The van der Waals surface area contributed by atoms with Crippen molar-refractivity contribution in [2.45, 2.75) is 0 Å². The molecule has 1 heterocycles. The van der Waals surface area contributed by atoms with Gasteiger partial charge in [0.15, 0.2) is 0 Å². The number of rotatable bonds is 1. The van der Waals surface area contributed by atoms with Gasteiger partial charge in [-0.2, -0.15) is 0 Å². The summed E-state index contributed by atoms with van der Waals surface area (Å²) in [6.07, 6.45) is 1.72. The highest BCUT2D eigenvalue weighted by Crippen LogP contribution is 2.28. The van der Waals surface area contributed by atoms with Crippen LogP contribution in [0.15, 0.2) is 54.7 Å². The lowest BCUT2D eigenvalue weighted by atomic mass is 10.0. The zero-order chi connectivity index (χ0) is 12.5. The van der Waals surface area contributed by atoms with E-state index in [9.17, 15) is 4.39 Å². The number of nitrogens with two attached hydrogens (primary N) is 1. The quantitative estimate of drug-likeness (QED) is 0.657. The van der Waals surface area contributed by atoms with Crippen LogP contribution in [0.4, 0.5) is 10.1 Å². The molecular formula is C15H11FN2. The summed E-state index contributed by atoms with van der Waals surface area (Å²) >= 11 is 0. The van der Waals surface area contributed by atoms with Crippen molar-refractivity contribution < 1.29 is 4.39 Å².